The van der Waals surface area contributed by atoms with Crippen molar-refractivity contribution in [3.8, 4) is 0 Å². The second-order valence-corrected chi connectivity index (χ2v) is 5.46. The largest absolute Gasteiger partial charge is 0.481 e. The van der Waals surface area contributed by atoms with E-state index < -0.39 is 11.9 Å². The van der Waals surface area contributed by atoms with Crippen LogP contribution in [0.1, 0.15) is 42.3 Å². The fraction of sp³-hybridized carbons (Fsp3) is 0.467. The smallest absolute Gasteiger partial charge is 0.306 e. The molecule has 0 saturated heterocycles. The summed E-state index contributed by atoms with van der Waals surface area (Å²) in [5, 5.41) is 8.93. The molecule has 1 unspecified atom stereocenters. The third-order valence-electron chi connectivity index (χ3n) is 3.59. The number of carbonyl (C=O) groups is 2. The van der Waals surface area contributed by atoms with Gasteiger partial charge in [-0.05, 0) is 37.5 Å². The van der Waals surface area contributed by atoms with E-state index in [0.717, 1.165) is 16.7 Å². The van der Waals surface area contributed by atoms with Crippen LogP contribution in [0.2, 0.25) is 0 Å². The van der Waals surface area contributed by atoms with Crippen molar-refractivity contribution in [1.29, 1.82) is 0 Å². The highest BCUT2D eigenvalue weighted by molar-refractivity contribution is 5.98. The maximum absolute atomic E-state index is 12.2. The Morgan fingerprint density at radius 3 is 2.63 bits per heavy atom. The lowest BCUT2D eigenvalue weighted by molar-refractivity contribution is -0.141. The molecule has 1 aromatic rings. The Morgan fingerprint density at radius 2 is 2.05 bits per heavy atom. The van der Waals surface area contributed by atoms with Crippen LogP contribution in [0, 0.1) is 5.92 Å². The summed E-state index contributed by atoms with van der Waals surface area (Å²) >= 11 is 0. The van der Waals surface area contributed by atoms with Crippen LogP contribution in [0.3, 0.4) is 0 Å². The number of benzene rings is 1. The Morgan fingerprint density at radius 1 is 1.37 bits per heavy atom. The van der Waals surface area contributed by atoms with Crippen molar-refractivity contribution in [3.63, 3.8) is 0 Å². The zero-order valence-electron chi connectivity index (χ0n) is 11.5. The van der Waals surface area contributed by atoms with Gasteiger partial charge in [0.1, 0.15) is 0 Å². The van der Waals surface area contributed by atoms with E-state index in [0.29, 0.717) is 13.0 Å². The topological polar surface area (TPSA) is 57.6 Å². The molecule has 19 heavy (non-hydrogen) atoms. The standard InChI is InChI=1S/C15H19NO3/c1-9(2)16-8-12-5-4-11(6-10(3)15(18)19)7-13(12)14(16)17/h4-5,7,9-10H,6,8H2,1-3H3,(H,18,19). The van der Waals surface area contributed by atoms with Gasteiger partial charge in [-0.25, -0.2) is 0 Å². The van der Waals surface area contributed by atoms with Crippen molar-refractivity contribution in [3.05, 3.63) is 34.9 Å². The second kappa shape index (κ2) is 5.03. The highest BCUT2D eigenvalue weighted by atomic mass is 16.4. The molecule has 1 heterocycles. The highest BCUT2D eigenvalue weighted by Gasteiger charge is 2.29. The first-order valence-corrected chi connectivity index (χ1v) is 6.55. The van der Waals surface area contributed by atoms with Gasteiger partial charge in [0.15, 0.2) is 0 Å². The molecule has 4 heteroatoms. The highest BCUT2D eigenvalue weighted by Crippen LogP contribution is 2.26. The number of aliphatic carboxylic acids is 1. The van der Waals surface area contributed by atoms with Crippen LogP contribution >= 0.6 is 0 Å². The van der Waals surface area contributed by atoms with Crippen molar-refractivity contribution in [2.75, 3.05) is 0 Å². The molecule has 1 aliphatic rings. The predicted molar refractivity (Wildman–Crippen MR) is 72.0 cm³/mol. The number of carboxylic acids is 1. The molecule has 102 valence electrons. The summed E-state index contributed by atoms with van der Waals surface area (Å²) in [6.07, 6.45) is 0.456. The zero-order valence-corrected chi connectivity index (χ0v) is 11.5. The zero-order chi connectivity index (χ0) is 14.2. The summed E-state index contributed by atoms with van der Waals surface area (Å²) in [4.78, 5) is 24.9. The molecule has 1 aliphatic heterocycles. The van der Waals surface area contributed by atoms with E-state index in [2.05, 4.69) is 0 Å². The molecule has 1 aromatic carbocycles. The Labute approximate surface area is 113 Å². The molecule has 4 nitrogen and oxygen atoms in total. The summed E-state index contributed by atoms with van der Waals surface area (Å²) < 4.78 is 0. The minimum atomic E-state index is -0.810. The van der Waals surface area contributed by atoms with Gasteiger partial charge in [0, 0.05) is 18.2 Å². The summed E-state index contributed by atoms with van der Waals surface area (Å²) in [7, 11) is 0. The van der Waals surface area contributed by atoms with E-state index in [1.54, 1.807) is 6.92 Å². The molecule has 1 amide bonds. The molecule has 0 radical (unpaired) electrons. The van der Waals surface area contributed by atoms with Gasteiger partial charge in [0.05, 0.1) is 5.92 Å². The first kappa shape index (κ1) is 13.6. The van der Waals surface area contributed by atoms with Crippen molar-refractivity contribution in [1.82, 2.24) is 4.90 Å². The lowest BCUT2D eigenvalue weighted by Crippen LogP contribution is -2.30. The van der Waals surface area contributed by atoms with Gasteiger partial charge in [0.25, 0.3) is 5.91 Å². The number of carboxylic acid groups (broad SMARTS) is 1. The minimum Gasteiger partial charge on any atom is -0.481 e. The summed E-state index contributed by atoms with van der Waals surface area (Å²) in [5.74, 6) is -1.19. The summed E-state index contributed by atoms with van der Waals surface area (Å²) in [5.41, 5.74) is 2.67. The molecule has 1 N–H and O–H groups in total. The van der Waals surface area contributed by atoms with Gasteiger partial charge in [-0.1, -0.05) is 19.1 Å². The van der Waals surface area contributed by atoms with Crippen LogP contribution in [0.15, 0.2) is 18.2 Å². The molecule has 0 bridgehead atoms. The number of hydrogen-bond acceptors (Lipinski definition) is 2. The van der Waals surface area contributed by atoms with Gasteiger partial charge in [0.2, 0.25) is 0 Å². The maximum atomic E-state index is 12.2. The lowest BCUT2D eigenvalue weighted by atomic mass is 9.98. The van der Waals surface area contributed by atoms with Crippen LogP contribution in [0.25, 0.3) is 0 Å². The average Bonchev–Trinajstić information content (AvgIpc) is 2.67. The van der Waals surface area contributed by atoms with E-state index >= 15 is 0 Å². The van der Waals surface area contributed by atoms with Crippen LogP contribution < -0.4 is 0 Å². The van der Waals surface area contributed by atoms with E-state index in [-0.39, 0.29) is 11.9 Å². The predicted octanol–water partition coefficient (Wildman–Crippen LogP) is 2.31. The first-order chi connectivity index (χ1) is 8.90. The number of carbonyl (C=O) groups excluding carboxylic acids is 1. The Kier molecular flexibility index (Phi) is 3.60. The molecule has 0 spiro atoms. The fourth-order valence-electron chi connectivity index (χ4n) is 2.36. The van der Waals surface area contributed by atoms with E-state index in [1.165, 1.54) is 0 Å². The Bertz CT molecular complexity index is 522. The SMILES string of the molecule is CC(Cc1ccc2c(c1)C(=O)N(C(C)C)C2)C(=O)O. The lowest BCUT2D eigenvalue weighted by Gasteiger charge is -2.19. The number of amides is 1. The number of rotatable bonds is 4. The van der Waals surface area contributed by atoms with Gasteiger partial charge in [-0.2, -0.15) is 0 Å². The third kappa shape index (κ3) is 2.62. The molecule has 0 saturated carbocycles. The number of hydrogen-bond donors (Lipinski definition) is 1. The molecule has 0 fully saturated rings. The van der Waals surface area contributed by atoms with Gasteiger partial charge < -0.3 is 10.0 Å². The minimum absolute atomic E-state index is 0.0508. The Hall–Kier alpha value is -1.84. The molecular weight excluding hydrogens is 242 g/mol. The maximum Gasteiger partial charge on any atom is 0.306 e. The van der Waals surface area contributed by atoms with Gasteiger partial charge in [-0.15, -0.1) is 0 Å². The molecule has 1 atom stereocenters. The summed E-state index contributed by atoms with van der Waals surface area (Å²) in [6.45, 7) is 6.33. The van der Waals surface area contributed by atoms with Crippen LogP contribution in [-0.4, -0.2) is 27.9 Å². The fourth-order valence-corrected chi connectivity index (χ4v) is 2.36. The first-order valence-electron chi connectivity index (χ1n) is 6.55. The quantitative estimate of drug-likeness (QED) is 0.904. The van der Waals surface area contributed by atoms with Crippen molar-refractivity contribution < 1.29 is 14.7 Å². The second-order valence-electron chi connectivity index (χ2n) is 5.46. The van der Waals surface area contributed by atoms with Crippen LogP contribution in [0.5, 0.6) is 0 Å². The summed E-state index contributed by atoms with van der Waals surface area (Å²) in [6, 6.07) is 5.90. The normalized spacial score (nSPS) is 15.8. The molecule has 0 aromatic heterocycles. The van der Waals surface area contributed by atoms with Crippen molar-refractivity contribution in [2.45, 2.75) is 39.8 Å². The van der Waals surface area contributed by atoms with E-state index in [4.69, 9.17) is 5.11 Å². The average molecular weight is 261 g/mol. The van der Waals surface area contributed by atoms with Gasteiger partial charge in [-0.3, -0.25) is 9.59 Å². The van der Waals surface area contributed by atoms with E-state index in [9.17, 15) is 9.59 Å². The van der Waals surface area contributed by atoms with Crippen molar-refractivity contribution >= 4 is 11.9 Å². The monoisotopic (exact) mass is 261 g/mol. The number of nitrogens with zero attached hydrogens (tertiary/aromatic N) is 1. The number of fused-ring (bicyclic) bond motifs is 1. The third-order valence-corrected chi connectivity index (χ3v) is 3.59. The molecule has 2 rings (SSSR count). The van der Waals surface area contributed by atoms with Crippen LogP contribution in [0.4, 0.5) is 0 Å². The van der Waals surface area contributed by atoms with E-state index in [1.807, 2.05) is 36.9 Å². The molecule has 0 aliphatic carbocycles. The molecular formula is C15H19NO3. The van der Waals surface area contributed by atoms with Crippen molar-refractivity contribution in [2.24, 2.45) is 5.92 Å². The Balaban J connectivity index is 2.23. The van der Waals surface area contributed by atoms with Crippen LogP contribution in [-0.2, 0) is 17.8 Å². The van der Waals surface area contributed by atoms with Gasteiger partial charge >= 0.3 is 5.97 Å².